The number of benzene rings is 2. The van der Waals surface area contributed by atoms with Crippen LogP contribution in [0.15, 0.2) is 36.4 Å². The van der Waals surface area contributed by atoms with Gasteiger partial charge in [-0.15, -0.1) is 0 Å². The predicted octanol–water partition coefficient (Wildman–Crippen LogP) is 1.88. The Morgan fingerprint density at radius 3 is 1.92 bits per heavy atom. The largest absolute Gasteiger partial charge is 0.576 e. The minimum absolute atomic E-state index is 0.339. The van der Waals surface area contributed by atoms with Gasteiger partial charge in [-0.1, -0.05) is 24.3 Å². The van der Waals surface area contributed by atoms with E-state index in [1.54, 1.807) is 0 Å². The van der Waals surface area contributed by atoms with Crippen LogP contribution in [-0.2, 0) is 0 Å². The molecule has 0 bridgehead atoms. The molecule has 0 saturated carbocycles. The predicted molar refractivity (Wildman–Crippen MR) is 52.4 cm³/mol. The van der Waals surface area contributed by atoms with Crippen molar-refractivity contribution in [3.05, 3.63) is 36.4 Å². The molecule has 0 spiro atoms. The highest BCUT2D eigenvalue weighted by Crippen LogP contribution is 2.35. The van der Waals surface area contributed by atoms with E-state index in [9.17, 15) is 0 Å². The molecule has 0 radical (unpaired) electrons. The molecule has 0 amide bonds. The van der Waals surface area contributed by atoms with Crippen LogP contribution in [0.3, 0.4) is 0 Å². The van der Waals surface area contributed by atoms with Crippen LogP contribution in [0.4, 0.5) is 0 Å². The van der Waals surface area contributed by atoms with Crippen molar-refractivity contribution in [1.29, 1.82) is 0 Å². The summed E-state index contributed by atoms with van der Waals surface area (Å²) < 4.78 is 10.6. The molecule has 1 aliphatic rings. The summed E-state index contributed by atoms with van der Waals surface area (Å²) in [6.07, 6.45) is 0. The molecule has 0 N–H and O–H groups in total. The monoisotopic (exact) mass is 170 g/mol. The highest BCUT2D eigenvalue weighted by Gasteiger charge is 2.15. The van der Waals surface area contributed by atoms with Gasteiger partial charge in [0.25, 0.3) is 0 Å². The Morgan fingerprint density at radius 2 is 1.38 bits per heavy atom. The first-order valence-electron chi connectivity index (χ1n) is 4.22. The van der Waals surface area contributed by atoms with Gasteiger partial charge in [-0.2, -0.15) is 0 Å². The maximum absolute atomic E-state index is 5.28. The first-order valence-corrected chi connectivity index (χ1v) is 4.22. The summed E-state index contributed by atoms with van der Waals surface area (Å²) in [6.45, 7) is 0. The van der Waals surface area contributed by atoms with Crippen LogP contribution in [0, 0.1) is 0 Å². The molecular weight excluding hydrogens is 163 g/mol. The molecular formula is C10H7BO2. The summed E-state index contributed by atoms with van der Waals surface area (Å²) in [5.41, 5.74) is 0. The van der Waals surface area contributed by atoms with Crippen molar-refractivity contribution >= 4 is 18.5 Å². The molecule has 0 fully saturated rings. The van der Waals surface area contributed by atoms with E-state index in [4.69, 9.17) is 9.31 Å². The number of hydrogen-bond donors (Lipinski definition) is 0. The molecule has 62 valence electrons. The molecule has 0 saturated heterocycles. The van der Waals surface area contributed by atoms with Gasteiger partial charge >= 0.3 is 7.69 Å². The SMILES string of the molecule is B1Oc2cc3ccccc3cc2O1. The summed E-state index contributed by atoms with van der Waals surface area (Å²) in [4.78, 5) is 0. The minimum Gasteiger partial charge on any atom is -0.526 e. The lowest BCUT2D eigenvalue weighted by Gasteiger charge is -2.00. The van der Waals surface area contributed by atoms with Gasteiger partial charge in [0.1, 0.15) is 11.5 Å². The van der Waals surface area contributed by atoms with Gasteiger partial charge in [-0.25, -0.2) is 0 Å². The molecule has 13 heavy (non-hydrogen) atoms. The topological polar surface area (TPSA) is 18.5 Å². The second kappa shape index (κ2) is 2.42. The number of fused-ring (bicyclic) bond motifs is 2. The van der Waals surface area contributed by atoms with Crippen LogP contribution in [0.5, 0.6) is 11.5 Å². The maximum Gasteiger partial charge on any atom is 0.576 e. The molecule has 3 heteroatoms. The fourth-order valence-electron chi connectivity index (χ4n) is 1.58. The second-order valence-corrected chi connectivity index (χ2v) is 3.05. The molecule has 0 unspecified atom stereocenters. The van der Waals surface area contributed by atoms with Crippen molar-refractivity contribution < 1.29 is 9.31 Å². The van der Waals surface area contributed by atoms with Crippen molar-refractivity contribution in [1.82, 2.24) is 0 Å². The molecule has 0 atom stereocenters. The summed E-state index contributed by atoms with van der Waals surface area (Å²) in [5, 5.41) is 2.37. The summed E-state index contributed by atoms with van der Waals surface area (Å²) in [5.74, 6) is 1.69. The zero-order chi connectivity index (χ0) is 8.67. The van der Waals surface area contributed by atoms with Gasteiger partial charge in [0, 0.05) is 0 Å². The van der Waals surface area contributed by atoms with E-state index in [1.807, 2.05) is 24.3 Å². The van der Waals surface area contributed by atoms with Crippen molar-refractivity contribution in [3.8, 4) is 11.5 Å². The molecule has 3 rings (SSSR count). The van der Waals surface area contributed by atoms with Gasteiger partial charge < -0.3 is 9.31 Å². The lowest BCUT2D eigenvalue weighted by Crippen LogP contribution is -1.99. The van der Waals surface area contributed by atoms with E-state index >= 15 is 0 Å². The van der Waals surface area contributed by atoms with Crippen LogP contribution >= 0.6 is 0 Å². The zero-order valence-electron chi connectivity index (χ0n) is 6.99. The van der Waals surface area contributed by atoms with E-state index in [1.165, 1.54) is 10.8 Å². The third kappa shape index (κ3) is 0.969. The van der Waals surface area contributed by atoms with Crippen molar-refractivity contribution in [2.45, 2.75) is 0 Å². The van der Waals surface area contributed by atoms with E-state index in [2.05, 4.69) is 12.1 Å². The summed E-state index contributed by atoms with van der Waals surface area (Å²) in [6, 6.07) is 12.2. The smallest absolute Gasteiger partial charge is 0.526 e. The third-order valence-corrected chi connectivity index (χ3v) is 2.24. The normalized spacial score (nSPS) is 12.9. The van der Waals surface area contributed by atoms with Crippen molar-refractivity contribution in [2.75, 3.05) is 0 Å². The van der Waals surface area contributed by atoms with Crippen LogP contribution in [-0.4, -0.2) is 7.69 Å². The van der Waals surface area contributed by atoms with Crippen LogP contribution in [0.2, 0.25) is 0 Å². The van der Waals surface area contributed by atoms with Crippen molar-refractivity contribution in [2.24, 2.45) is 0 Å². The minimum atomic E-state index is 0.339. The highest BCUT2D eigenvalue weighted by atomic mass is 16.6. The zero-order valence-corrected chi connectivity index (χ0v) is 6.99. The quantitative estimate of drug-likeness (QED) is 0.562. The summed E-state index contributed by atoms with van der Waals surface area (Å²) >= 11 is 0. The second-order valence-electron chi connectivity index (χ2n) is 3.05. The van der Waals surface area contributed by atoms with Gasteiger partial charge in [0.2, 0.25) is 0 Å². The fourth-order valence-corrected chi connectivity index (χ4v) is 1.58. The number of hydrogen-bond acceptors (Lipinski definition) is 2. The molecule has 2 nitrogen and oxygen atoms in total. The molecule has 0 aliphatic carbocycles. The lowest BCUT2D eigenvalue weighted by molar-refractivity contribution is 0.541. The Kier molecular flexibility index (Phi) is 1.27. The highest BCUT2D eigenvalue weighted by molar-refractivity contribution is 6.23. The fraction of sp³-hybridized carbons (Fsp3) is 0. The molecule has 1 heterocycles. The average molecular weight is 170 g/mol. The van der Waals surface area contributed by atoms with E-state index in [0.717, 1.165) is 11.5 Å². The van der Waals surface area contributed by atoms with Gasteiger partial charge in [-0.05, 0) is 22.9 Å². The van der Waals surface area contributed by atoms with Gasteiger partial charge in [0.05, 0.1) is 0 Å². The summed E-state index contributed by atoms with van der Waals surface area (Å²) in [7, 11) is 0.339. The molecule has 0 aromatic heterocycles. The maximum atomic E-state index is 5.28. The van der Waals surface area contributed by atoms with E-state index in [-0.39, 0.29) is 0 Å². The average Bonchev–Trinajstić information content (AvgIpc) is 2.61. The van der Waals surface area contributed by atoms with Crippen LogP contribution < -0.4 is 9.31 Å². The first-order chi connectivity index (χ1) is 6.43. The lowest BCUT2D eigenvalue weighted by atomic mass is 10.1. The standard InChI is InChI=1S/C10H7BO2/c1-2-4-8-6-10-9(12-11-13-10)5-7(8)3-1/h1-6,11H. The molecule has 2 aromatic carbocycles. The number of rotatable bonds is 0. The Labute approximate surface area is 76.4 Å². The van der Waals surface area contributed by atoms with E-state index in [0.29, 0.717) is 7.69 Å². The first kappa shape index (κ1) is 6.84. The van der Waals surface area contributed by atoms with Gasteiger partial charge in [-0.3, -0.25) is 0 Å². The van der Waals surface area contributed by atoms with Crippen LogP contribution in [0.25, 0.3) is 10.8 Å². The Hall–Kier alpha value is -1.64. The molecule has 2 aromatic rings. The third-order valence-electron chi connectivity index (χ3n) is 2.24. The Bertz CT molecular complexity index is 425. The van der Waals surface area contributed by atoms with Crippen LogP contribution in [0.1, 0.15) is 0 Å². The Morgan fingerprint density at radius 1 is 0.846 bits per heavy atom. The van der Waals surface area contributed by atoms with Gasteiger partial charge in [0.15, 0.2) is 0 Å². The Balaban J connectivity index is 2.36. The van der Waals surface area contributed by atoms with E-state index < -0.39 is 0 Å². The van der Waals surface area contributed by atoms with Crippen molar-refractivity contribution in [3.63, 3.8) is 0 Å². The molecule has 1 aliphatic heterocycles.